The lowest BCUT2D eigenvalue weighted by Crippen LogP contribution is -2.17. The quantitative estimate of drug-likeness (QED) is 0.689. The largest absolute Gasteiger partial charge is 0.573 e. The molecule has 0 aliphatic heterocycles. The van der Waals surface area contributed by atoms with Gasteiger partial charge in [0, 0.05) is 23.0 Å². The Kier molecular flexibility index (Phi) is 6.90. The van der Waals surface area contributed by atoms with Gasteiger partial charge in [0.1, 0.15) is 5.75 Å². The molecule has 2 aromatic carbocycles. The smallest absolute Gasteiger partial charge is 0.406 e. The molecule has 0 bridgehead atoms. The van der Waals surface area contributed by atoms with E-state index in [9.17, 15) is 18.0 Å². The Balaban J connectivity index is 2.12. The Morgan fingerprint density at radius 2 is 1.72 bits per heavy atom. The Hall–Kier alpha value is -1.99. The van der Waals surface area contributed by atoms with Gasteiger partial charge in [-0.1, -0.05) is 42.5 Å². The molecule has 3 nitrogen and oxygen atoms in total. The van der Waals surface area contributed by atoms with Gasteiger partial charge >= 0.3 is 6.36 Å². The molecular formula is C18H17F3O3S. The van der Waals surface area contributed by atoms with Crippen LogP contribution in [0, 0.1) is 0 Å². The van der Waals surface area contributed by atoms with Gasteiger partial charge < -0.3 is 9.84 Å². The molecule has 7 heteroatoms. The lowest BCUT2D eigenvalue weighted by atomic mass is 10.0. The SMILES string of the molecule is O=C(CC(SCCO)c1ccc(OC(F)(F)F)cc1)c1ccccc1. The van der Waals surface area contributed by atoms with Crippen molar-refractivity contribution in [1.82, 2.24) is 0 Å². The maximum Gasteiger partial charge on any atom is 0.573 e. The highest BCUT2D eigenvalue weighted by Gasteiger charge is 2.31. The second kappa shape index (κ2) is 8.92. The van der Waals surface area contributed by atoms with Crippen LogP contribution in [0.15, 0.2) is 54.6 Å². The van der Waals surface area contributed by atoms with Crippen molar-refractivity contribution in [3.63, 3.8) is 0 Å². The third-order valence-corrected chi connectivity index (χ3v) is 4.62. The fraction of sp³-hybridized carbons (Fsp3) is 0.278. The zero-order valence-corrected chi connectivity index (χ0v) is 14.0. The van der Waals surface area contributed by atoms with Gasteiger partial charge in [0.25, 0.3) is 0 Å². The maximum atomic E-state index is 12.4. The third kappa shape index (κ3) is 6.43. The Labute approximate surface area is 147 Å². The lowest BCUT2D eigenvalue weighted by Gasteiger charge is -2.17. The second-order valence-corrected chi connectivity index (χ2v) is 6.50. The van der Waals surface area contributed by atoms with Crippen LogP contribution in [-0.2, 0) is 0 Å². The van der Waals surface area contributed by atoms with Gasteiger partial charge in [-0.2, -0.15) is 11.8 Å². The van der Waals surface area contributed by atoms with E-state index in [2.05, 4.69) is 4.74 Å². The molecule has 25 heavy (non-hydrogen) atoms. The van der Waals surface area contributed by atoms with Gasteiger partial charge in [-0.25, -0.2) is 0 Å². The highest BCUT2D eigenvalue weighted by molar-refractivity contribution is 7.99. The average Bonchev–Trinajstić information content (AvgIpc) is 2.58. The first-order valence-electron chi connectivity index (χ1n) is 7.55. The van der Waals surface area contributed by atoms with Gasteiger partial charge in [-0.05, 0) is 17.7 Å². The van der Waals surface area contributed by atoms with Crippen LogP contribution < -0.4 is 4.74 Å². The topological polar surface area (TPSA) is 46.5 Å². The Bertz CT molecular complexity index is 672. The van der Waals surface area contributed by atoms with E-state index in [1.807, 2.05) is 6.07 Å². The van der Waals surface area contributed by atoms with E-state index in [1.54, 1.807) is 24.3 Å². The van der Waals surface area contributed by atoms with Gasteiger partial charge in [-0.3, -0.25) is 4.79 Å². The van der Waals surface area contributed by atoms with Crippen LogP contribution >= 0.6 is 11.8 Å². The fourth-order valence-electron chi connectivity index (χ4n) is 2.26. The molecule has 0 spiro atoms. The molecule has 0 aliphatic rings. The normalized spacial score (nSPS) is 12.6. The van der Waals surface area contributed by atoms with Gasteiger partial charge in [0.2, 0.25) is 0 Å². The number of rotatable bonds is 8. The van der Waals surface area contributed by atoms with Crippen molar-refractivity contribution in [3.8, 4) is 5.75 Å². The predicted molar refractivity (Wildman–Crippen MR) is 90.8 cm³/mol. The van der Waals surface area contributed by atoms with Crippen molar-refractivity contribution in [2.45, 2.75) is 18.0 Å². The molecule has 0 fully saturated rings. The summed E-state index contributed by atoms with van der Waals surface area (Å²) in [6.07, 6.45) is -4.55. The summed E-state index contributed by atoms with van der Waals surface area (Å²) in [5.41, 5.74) is 1.28. The Morgan fingerprint density at radius 3 is 2.28 bits per heavy atom. The van der Waals surface area contributed by atoms with Crippen LogP contribution in [0.2, 0.25) is 0 Å². The number of alkyl halides is 3. The fourth-order valence-corrected chi connectivity index (χ4v) is 3.27. The maximum absolute atomic E-state index is 12.4. The molecule has 134 valence electrons. The first-order valence-corrected chi connectivity index (χ1v) is 8.60. The van der Waals surface area contributed by atoms with Crippen molar-refractivity contribution >= 4 is 17.5 Å². The number of Topliss-reactive ketones (excluding diaryl/α,β-unsaturated/α-hetero) is 1. The minimum absolute atomic E-state index is 0.0457. The molecule has 0 aromatic heterocycles. The van der Waals surface area contributed by atoms with E-state index in [4.69, 9.17) is 5.11 Å². The number of hydrogen-bond acceptors (Lipinski definition) is 4. The summed E-state index contributed by atoms with van der Waals surface area (Å²) in [6.45, 7) is -0.0457. The summed E-state index contributed by atoms with van der Waals surface area (Å²) in [5, 5.41) is 8.77. The monoisotopic (exact) mass is 370 g/mol. The minimum Gasteiger partial charge on any atom is -0.406 e. The van der Waals surface area contributed by atoms with Crippen molar-refractivity contribution < 1.29 is 27.8 Å². The molecule has 0 heterocycles. The number of hydrogen-bond donors (Lipinski definition) is 1. The zero-order chi connectivity index (χ0) is 18.3. The number of ether oxygens (including phenoxy) is 1. The van der Waals surface area contributed by atoms with Crippen molar-refractivity contribution in [3.05, 3.63) is 65.7 Å². The standard InChI is InChI=1S/C18H17F3O3S/c19-18(20,21)24-15-8-6-14(7-9-15)17(25-11-10-22)12-16(23)13-4-2-1-3-5-13/h1-9,17,22H,10-12H2. The first-order chi connectivity index (χ1) is 11.9. The highest BCUT2D eigenvalue weighted by atomic mass is 32.2. The third-order valence-electron chi connectivity index (χ3n) is 3.36. The zero-order valence-electron chi connectivity index (χ0n) is 13.2. The number of ketones is 1. The van der Waals surface area contributed by atoms with Crippen molar-refractivity contribution in [2.75, 3.05) is 12.4 Å². The molecule has 1 N–H and O–H groups in total. The minimum atomic E-state index is -4.74. The molecule has 0 aliphatic carbocycles. The molecule has 0 amide bonds. The predicted octanol–water partition coefficient (Wildman–Crippen LogP) is 4.62. The molecule has 0 radical (unpaired) electrons. The van der Waals surface area contributed by atoms with Crippen LogP contribution in [-0.4, -0.2) is 29.6 Å². The van der Waals surface area contributed by atoms with E-state index < -0.39 is 6.36 Å². The van der Waals surface area contributed by atoms with Gasteiger partial charge in [0.15, 0.2) is 5.78 Å². The number of benzene rings is 2. The molecular weight excluding hydrogens is 353 g/mol. The first kappa shape index (κ1) is 19.3. The Morgan fingerprint density at radius 1 is 1.08 bits per heavy atom. The summed E-state index contributed by atoms with van der Waals surface area (Å²) < 4.78 is 40.5. The average molecular weight is 370 g/mol. The summed E-state index contributed by atoms with van der Waals surface area (Å²) in [5.74, 6) is 0.0521. The van der Waals surface area contributed by atoms with Crippen LogP contribution in [0.5, 0.6) is 5.75 Å². The molecule has 2 aromatic rings. The number of thioether (sulfide) groups is 1. The second-order valence-electron chi connectivity index (χ2n) is 5.19. The van der Waals surface area contributed by atoms with Crippen LogP contribution in [0.1, 0.15) is 27.6 Å². The van der Waals surface area contributed by atoms with Crippen LogP contribution in [0.3, 0.4) is 0 Å². The summed E-state index contributed by atoms with van der Waals surface area (Å²) in [6, 6.07) is 14.3. The number of aliphatic hydroxyl groups excluding tert-OH is 1. The molecule has 0 saturated carbocycles. The van der Waals surface area contributed by atoms with E-state index in [0.717, 1.165) is 0 Å². The number of carbonyl (C=O) groups excluding carboxylic acids is 1. The number of halogens is 3. The van der Waals surface area contributed by atoms with E-state index >= 15 is 0 Å². The van der Waals surface area contributed by atoms with Gasteiger partial charge in [0.05, 0.1) is 6.61 Å². The molecule has 1 atom stereocenters. The highest BCUT2D eigenvalue weighted by Crippen LogP contribution is 2.34. The van der Waals surface area contributed by atoms with E-state index in [1.165, 1.54) is 36.0 Å². The van der Waals surface area contributed by atoms with Crippen LogP contribution in [0.25, 0.3) is 0 Å². The molecule has 1 unspecified atom stereocenters. The van der Waals surface area contributed by atoms with Crippen molar-refractivity contribution in [1.29, 1.82) is 0 Å². The van der Waals surface area contributed by atoms with Crippen LogP contribution in [0.4, 0.5) is 13.2 Å². The van der Waals surface area contributed by atoms with E-state index in [0.29, 0.717) is 16.9 Å². The number of carbonyl (C=O) groups is 1. The summed E-state index contributed by atoms with van der Waals surface area (Å²) in [7, 11) is 0. The molecule has 0 saturated heterocycles. The lowest BCUT2D eigenvalue weighted by molar-refractivity contribution is -0.274. The van der Waals surface area contributed by atoms with E-state index in [-0.39, 0.29) is 29.8 Å². The van der Waals surface area contributed by atoms with Gasteiger partial charge in [-0.15, -0.1) is 13.2 Å². The summed E-state index contributed by atoms with van der Waals surface area (Å²) >= 11 is 1.38. The van der Waals surface area contributed by atoms with Crippen molar-refractivity contribution in [2.24, 2.45) is 0 Å². The number of aliphatic hydroxyl groups is 1. The summed E-state index contributed by atoms with van der Waals surface area (Å²) in [4.78, 5) is 12.4. The molecule has 2 rings (SSSR count).